The molecule has 0 unspecified atom stereocenters. The number of carbonyl (C=O) groups is 1. The van der Waals surface area contributed by atoms with Crippen LogP contribution >= 0.6 is 11.5 Å². The minimum atomic E-state index is -0.363. The molecule has 0 radical (unpaired) electrons. The molecule has 0 aliphatic heterocycles. The third kappa shape index (κ3) is 3.18. The fourth-order valence-corrected chi connectivity index (χ4v) is 2.95. The fourth-order valence-electron chi connectivity index (χ4n) is 2.06. The number of carbonyl (C=O) groups excluding carboxylic acids is 1. The zero-order chi connectivity index (χ0) is 14.0. The van der Waals surface area contributed by atoms with Crippen molar-refractivity contribution in [1.29, 1.82) is 0 Å². The quantitative estimate of drug-likeness (QED) is 0.812. The van der Waals surface area contributed by atoms with Crippen LogP contribution in [-0.4, -0.2) is 29.5 Å². The molecule has 1 aromatic rings. The largest absolute Gasteiger partial charge is 0.462 e. The number of aromatic nitrogens is 1. The molecule has 0 amide bonds. The van der Waals surface area contributed by atoms with Gasteiger partial charge in [0.2, 0.25) is 0 Å². The van der Waals surface area contributed by atoms with E-state index in [0.29, 0.717) is 24.1 Å². The average molecular weight is 283 g/mol. The van der Waals surface area contributed by atoms with Crippen molar-refractivity contribution in [2.75, 3.05) is 23.8 Å². The Morgan fingerprint density at radius 1 is 1.58 bits per heavy atom. The van der Waals surface area contributed by atoms with E-state index in [1.807, 2.05) is 0 Å². The van der Waals surface area contributed by atoms with Crippen LogP contribution in [0.25, 0.3) is 0 Å². The first-order valence-electron chi connectivity index (χ1n) is 6.73. The van der Waals surface area contributed by atoms with Gasteiger partial charge in [-0.05, 0) is 37.2 Å². The highest BCUT2D eigenvalue weighted by Gasteiger charge is 2.34. The summed E-state index contributed by atoms with van der Waals surface area (Å²) in [4.78, 5) is 14.3. The molecule has 106 valence electrons. The van der Waals surface area contributed by atoms with E-state index in [-0.39, 0.29) is 11.8 Å². The van der Waals surface area contributed by atoms with Crippen molar-refractivity contribution in [2.24, 2.45) is 5.92 Å². The monoisotopic (exact) mass is 283 g/mol. The van der Waals surface area contributed by atoms with Crippen molar-refractivity contribution >= 4 is 28.3 Å². The van der Waals surface area contributed by atoms with Crippen LogP contribution in [0.15, 0.2) is 0 Å². The summed E-state index contributed by atoms with van der Waals surface area (Å²) in [5.74, 6) is 0.449. The van der Waals surface area contributed by atoms with Gasteiger partial charge < -0.3 is 15.4 Å². The highest BCUT2D eigenvalue weighted by atomic mass is 32.1. The van der Waals surface area contributed by atoms with Crippen molar-refractivity contribution < 1.29 is 9.53 Å². The molecule has 1 fully saturated rings. The Morgan fingerprint density at radius 2 is 2.26 bits per heavy atom. The Kier molecular flexibility index (Phi) is 4.29. The lowest BCUT2D eigenvalue weighted by molar-refractivity contribution is 0.0528. The molecule has 2 N–H and O–H groups in total. The Labute approximate surface area is 117 Å². The van der Waals surface area contributed by atoms with Crippen LogP contribution in [0.1, 0.15) is 44.0 Å². The number of nitrogen functional groups attached to an aromatic ring is 1. The zero-order valence-electron chi connectivity index (χ0n) is 11.7. The van der Waals surface area contributed by atoms with Crippen LogP contribution in [0, 0.1) is 5.92 Å². The lowest BCUT2D eigenvalue weighted by Crippen LogP contribution is -2.30. The van der Waals surface area contributed by atoms with Gasteiger partial charge in [0.15, 0.2) is 5.82 Å². The van der Waals surface area contributed by atoms with E-state index in [2.05, 4.69) is 23.1 Å². The number of hydrogen-bond donors (Lipinski definition) is 1. The lowest BCUT2D eigenvalue weighted by atomic mass is 10.2. The van der Waals surface area contributed by atoms with Crippen molar-refractivity contribution in [1.82, 2.24) is 4.37 Å². The topological polar surface area (TPSA) is 68.5 Å². The first kappa shape index (κ1) is 14.1. The summed E-state index contributed by atoms with van der Waals surface area (Å²) in [6.45, 7) is 7.40. The maximum absolute atomic E-state index is 12.0. The highest BCUT2D eigenvalue weighted by Crippen LogP contribution is 2.39. The second kappa shape index (κ2) is 5.77. The molecule has 0 spiro atoms. The van der Waals surface area contributed by atoms with Gasteiger partial charge in [0.25, 0.3) is 0 Å². The predicted octanol–water partition coefficient (Wildman–Crippen LogP) is 2.53. The summed E-state index contributed by atoms with van der Waals surface area (Å²) in [7, 11) is 0. The number of anilines is 2. The van der Waals surface area contributed by atoms with E-state index in [4.69, 9.17) is 10.5 Å². The average Bonchev–Trinajstić information content (AvgIpc) is 3.09. The number of ether oxygens (including phenoxy) is 1. The molecule has 0 aromatic carbocycles. The maximum atomic E-state index is 12.0. The van der Waals surface area contributed by atoms with Crippen LogP contribution < -0.4 is 10.6 Å². The van der Waals surface area contributed by atoms with Gasteiger partial charge >= 0.3 is 5.97 Å². The SMILES string of the molecule is CCOC(=O)c1c(N)nsc1N(CC(C)C)C1CC1. The molecule has 0 bridgehead atoms. The van der Waals surface area contributed by atoms with E-state index in [1.54, 1.807) is 6.92 Å². The summed E-state index contributed by atoms with van der Waals surface area (Å²) in [6, 6.07) is 0.524. The third-order valence-electron chi connectivity index (χ3n) is 2.99. The van der Waals surface area contributed by atoms with Crippen LogP contribution in [0.2, 0.25) is 0 Å². The molecular formula is C13H21N3O2S. The normalized spacial score (nSPS) is 14.7. The molecule has 0 atom stereocenters. The molecule has 0 saturated heterocycles. The summed E-state index contributed by atoms with van der Waals surface area (Å²) in [5, 5.41) is 0.868. The molecule has 5 nitrogen and oxygen atoms in total. The molecule has 1 saturated carbocycles. The van der Waals surface area contributed by atoms with Crippen LogP contribution in [0.5, 0.6) is 0 Å². The van der Waals surface area contributed by atoms with Gasteiger partial charge in [0, 0.05) is 12.6 Å². The van der Waals surface area contributed by atoms with E-state index in [1.165, 1.54) is 24.4 Å². The van der Waals surface area contributed by atoms with Gasteiger partial charge in [-0.1, -0.05) is 13.8 Å². The molecule has 1 aliphatic carbocycles. The van der Waals surface area contributed by atoms with E-state index in [9.17, 15) is 4.79 Å². The van der Waals surface area contributed by atoms with Gasteiger partial charge in [-0.15, -0.1) is 0 Å². The van der Waals surface area contributed by atoms with Gasteiger partial charge in [-0.25, -0.2) is 4.79 Å². The summed E-state index contributed by atoms with van der Waals surface area (Å²) in [6.07, 6.45) is 2.35. The van der Waals surface area contributed by atoms with Crippen molar-refractivity contribution in [3.8, 4) is 0 Å². The van der Waals surface area contributed by atoms with Gasteiger partial charge in [0.05, 0.1) is 6.61 Å². The molecular weight excluding hydrogens is 262 g/mol. The minimum absolute atomic E-state index is 0.285. The number of rotatable bonds is 6. The number of hydrogen-bond acceptors (Lipinski definition) is 6. The first-order valence-corrected chi connectivity index (χ1v) is 7.50. The Hall–Kier alpha value is -1.30. The predicted molar refractivity (Wildman–Crippen MR) is 77.7 cm³/mol. The standard InChI is InChI=1S/C13H21N3O2S/c1-4-18-13(17)10-11(14)15-19-12(10)16(7-8(2)3)9-5-6-9/h8-9H,4-7H2,1-3H3,(H2,14,15). The molecule has 1 aliphatic rings. The zero-order valence-corrected chi connectivity index (χ0v) is 12.5. The first-order chi connectivity index (χ1) is 9.04. The fraction of sp³-hybridized carbons (Fsp3) is 0.692. The second-order valence-electron chi connectivity index (χ2n) is 5.25. The Balaban J connectivity index is 2.29. The summed E-state index contributed by atoms with van der Waals surface area (Å²) >= 11 is 1.30. The third-order valence-corrected chi connectivity index (χ3v) is 3.89. The van der Waals surface area contributed by atoms with Gasteiger partial charge in [-0.3, -0.25) is 0 Å². The number of nitrogens with zero attached hydrogens (tertiary/aromatic N) is 2. The smallest absolute Gasteiger partial charge is 0.345 e. The number of nitrogens with two attached hydrogens (primary N) is 1. The van der Waals surface area contributed by atoms with Crippen molar-refractivity contribution in [2.45, 2.75) is 39.7 Å². The number of esters is 1. The van der Waals surface area contributed by atoms with Gasteiger partial charge in [-0.2, -0.15) is 4.37 Å². The molecule has 6 heteroatoms. The van der Waals surface area contributed by atoms with Crippen molar-refractivity contribution in [3.05, 3.63) is 5.56 Å². The molecule has 19 heavy (non-hydrogen) atoms. The lowest BCUT2D eigenvalue weighted by Gasteiger charge is -2.25. The minimum Gasteiger partial charge on any atom is -0.462 e. The van der Waals surface area contributed by atoms with Crippen LogP contribution in [0.3, 0.4) is 0 Å². The van der Waals surface area contributed by atoms with Crippen LogP contribution in [0.4, 0.5) is 10.8 Å². The van der Waals surface area contributed by atoms with Crippen molar-refractivity contribution in [3.63, 3.8) is 0 Å². The molecule has 1 heterocycles. The summed E-state index contributed by atoms with van der Waals surface area (Å²) in [5.41, 5.74) is 6.28. The van der Waals surface area contributed by atoms with E-state index >= 15 is 0 Å². The van der Waals surface area contributed by atoms with E-state index in [0.717, 1.165) is 11.5 Å². The maximum Gasteiger partial charge on any atom is 0.345 e. The van der Waals surface area contributed by atoms with E-state index < -0.39 is 0 Å². The Morgan fingerprint density at radius 3 is 2.79 bits per heavy atom. The Bertz CT molecular complexity index is 455. The van der Waals surface area contributed by atoms with Gasteiger partial charge in [0.1, 0.15) is 10.6 Å². The highest BCUT2D eigenvalue weighted by molar-refractivity contribution is 7.11. The second-order valence-corrected chi connectivity index (χ2v) is 6.00. The summed E-state index contributed by atoms with van der Waals surface area (Å²) < 4.78 is 9.22. The molecule has 1 aromatic heterocycles. The van der Waals surface area contributed by atoms with Crippen LogP contribution in [-0.2, 0) is 4.74 Å². The molecule has 2 rings (SSSR count).